The summed E-state index contributed by atoms with van der Waals surface area (Å²) < 4.78 is 6.29. The van der Waals surface area contributed by atoms with Gasteiger partial charge in [-0.3, -0.25) is 10.00 Å². The molecular formula is C9H15N3O3. The van der Waals surface area contributed by atoms with Crippen molar-refractivity contribution in [2.45, 2.75) is 13.3 Å². The minimum absolute atomic E-state index is 0.00640. The molecule has 0 aliphatic heterocycles. The molecule has 0 atom stereocenters. The van der Waals surface area contributed by atoms with E-state index in [9.17, 15) is 4.79 Å². The zero-order valence-electron chi connectivity index (χ0n) is 8.86. The van der Waals surface area contributed by atoms with Crippen LogP contribution in [-0.2, 0) is 18.2 Å². The second kappa shape index (κ2) is 5.35. The van der Waals surface area contributed by atoms with Crippen molar-refractivity contribution in [2.75, 3.05) is 18.5 Å². The van der Waals surface area contributed by atoms with Gasteiger partial charge in [0.15, 0.2) is 0 Å². The fourth-order valence-electron chi connectivity index (χ4n) is 1.18. The highest BCUT2D eigenvalue weighted by Crippen LogP contribution is 2.13. The number of carbonyl (C=O) groups is 1. The Morgan fingerprint density at radius 1 is 1.73 bits per heavy atom. The summed E-state index contributed by atoms with van der Waals surface area (Å²) in [4.78, 5) is 11.2. The zero-order valence-corrected chi connectivity index (χ0v) is 8.86. The van der Waals surface area contributed by atoms with E-state index in [4.69, 9.17) is 5.11 Å². The van der Waals surface area contributed by atoms with Gasteiger partial charge in [0.05, 0.1) is 18.0 Å². The standard InChI is InChI=1S/C9H15N3O3/c1-3-7-8(6-12(2)11-7)10-9(14)15-5-4-13/h6,13H,3-5H2,1-2H3,(H,10,14). The van der Waals surface area contributed by atoms with Crippen LogP contribution in [0.4, 0.5) is 10.5 Å². The molecule has 0 radical (unpaired) electrons. The molecule has 15 heavy (non-hydrogen) atoms. The minimum atomic E-state index is -0.577. The summed E-state index contributed by atoms with van der Waals surface area (Å²) in [6.45, 7) is 1.77. The van der Waals surface area contributed by atoms with Gasteiger partial charge in [-0.1, -0.05) is 6.92 Å². The summed E-state index contributed by atoms with van der Waals surface area (Å²) in [6, 6.07) is 0. The number of ether oxygens (including phenoxy) is 1. The fourth-order valence-corrected chi connectivity index (χ4v) is 1.18. The molecule has 1 heterocycles. The average Bonchev–Trinajstić information content (AvgIpc) is 2.55. The summed E-state index contributed by atoms with van der Waals surface area (Å²) in [7, 11) is 1.78. The van der Waals surface area contributed by atoms with Crippen LogP contribution < -0.4 is 5.32 Å². The molecule has 0 spiro atoms. The van der Waals surface area contributed by atoms with Gasteiger partial charge < -0.3 is 9.84 Å². The predicted octanol–water partition coefficient (Wildman–Crippen LogP) is 0.523. The summed E-state index contributed by atoms with van der Waals surface area (Å²) in [6.07, 6.45) is 1.86. The Balaban J connectivity index is 2.59. The van der Waals surface area contributed by atoms with Crippen molar-refractivity contribution in [3.05, 3.63) is 11.9 Å². The first-order chi connectivity index (χ1) is 7.17. The molecule has 1 rings (SSSR count). The number of aryl methyl sites for hydroxylation is 2. The van der Waals surface area contributed by atoms with E-state index in [0.29, 0.717) is 5.69 Å². The van der Waals surface area contributed by atoms with Gasteiger partial charge in [-0.2, -0.15) is 5.10 Å². The van der Waals surface area contributed by atoms with Gasteiger partial charge in [-0.05, 0) is 6.42 Å². The average molecular weight is 213 g/mol. The minimum Gasteiger partial charge on any atom is -0.447 e. The highest BCUT2D eigenvalue weighted by Gasteiger charge is 2.09. The summed E-state index contributed by atoms with van der Waals surface area (Å²) in [5.74, 6) is 0. The van der Waals surface area contributed by atoms with E-state index in [2.05, 4.69) is 15.2 Å². The summed E-state index contributed by atoms with van der Waals surface area (Å²) >= 11 is 0. The molecule has 6 nitrogen and oxygen atoms in total. The Morgan fingerprint density at radius 2 is 2.47 bits per heavy atom. The van der Waals surface area contributed by atoms with E-state index >= 15 is 0 Å². The lowest BCUT2D eigenvalue weighted by molar-refractivity contribution is 0.131. The van der Waals surface area contributed by atoms with Crippen LogP contribution in [0.25, 0.3) is 0 Å². The number of nitrogens with one attached hydrogen (secondary N) is 1. The molecule has 6 heteroatoms. The molecule has 1 aromatic rings. The molecule has 0 unspecified atom stereocenters. The molecule has 0 aromatic carbocycles. The van der Waals surface area contributed by atoms with Crippen LogP contribution in [0, 0.1) is 0 Å². The van der Waals surface area contributed by atoms with Crippen LogP contribution in [0.15, 0.2) is 6.20 Å². The first-order valence-corrected chi connectivity index (χ1v) is 4.74. The Bertz CT molecular complexity index is 335. The molecule has 0 aliphatic carbocycles. The predicted molar refractivity (Wildman–Crippen MR) is 54.6 cm³/mol. The second-order valence-corrected chi connectivity index (χ2v) is 3.00. The molecule has 84 valence electrons. The smallest absolute Gasteiger partial charge is 0.411 e. The first kappa shape index (κ1) is 11.5. The SMILES string of the molecule is CCc1nn(C)cc1NC(=O)OCCO. The van der Waals surface area contributed by atoms with Crippen molar-refractivity contribution in [1.29, 1.82) is 0 Å². The van der Waals surface area contributed by atoms with E-state index in [-0.39, 0.29) is 13.2 Å². The van der Waals surface area contributed by atoms with E-state index in [1.54, 1.807) is 17.9 Å². The third kappa shape index (κ3) is 3.25. The fraction of sp³-hybridized carbons (Fsp3) is 0.556. The maximum atomic E-state index is 11.2. The van der Waals surface area contributed by atoms with Crippen LogP contribution in [-0.4, -0.2) is 34.2 Å². The normalized spacial score (nSPS) is 10.1. The van der Waals surface area contributed by atoms with E-state index in [0.717, 1.165) is 12.1 Å². The van der Waals surface area contributed by atoms with Crippen LogP contribution in [0.1, 0.15) is 12.6 Å². The monoisotopic (exact) mass is 213 g/mol. The number of aliphatic hydroxyl groups excluding tert-OH is 1. The Morgan fingerprint density at radius 3 is 3.07 bits per heavy atom. The zero-order chi connectivity index (χ0) is 11.3. The number of aromatic nitrogens is 2. The number of hydrogen-bond acceptors (Lipinski definition) is 4. The number of amides is 1. The van der Waals surface area contributed by atoms with Gasteiger partial charge in [0, 0.05) is 13.2 Å². The van der Waals surface area contributed by atoms with Gasteiger partial charge in [0.1, 0.15) is 6.61 Å². The maximum Gasteiger partial charge on any atom is 0.411 e. The number of nitrogens with zero attached hydrogens (tertiary/aromatic N) is 2. The van der Waals surface area contributed by atoms with Crippen molar-refractivity contribution in [1.82, 2.24) is 9.78 Å². The number of hydrogen-bond donors (Lipinski definition) is 2. The van der Waals surface area contributed by atoms with Gasteiger partial charge in [-0.15, -0.1) is 0 Å². The first-order valence-electron chi connectivity index (χ1n) is 4.74. The van der Waals surface area contributed by atoms with Crippen molar-refractivity contribution in [2.24, 2.45) is 7.05 Å². The third-order valence-corrected chi connectivity index (χ3v) is 1.80. The maximum absolute atomic E-state index is 11.2. The Hall–Kier alpha value is -1.56. The quantitative estimate of drug-likeness (QED) is 0.764. The van der Waals surface area contributed by atoms with Crippen molar-refractivity contribution in [3.63, 3.8) is 0 Å². The molecule has 0 bridgehead atoms. The highest BCUT2D eigenvalue weighted by atomic mass is 16.6. The van der Waals surface area contributed by atoms with E-state index < -0.39 is 6.09 Å². The molecule has 2 N–H and O–H groups in total. The van der Waals surface area contributed by atoms with Crippen molar-refractivity contribution < 1.29 is 14.6 Å². The molecule has 0 saturated carbocycles. The number of aliphatic hydroxyl groups is 1. The largest absolute Gasteiger partial charge is 0.447 e. The van der Waals surface area contributed by atoms with Crippen molar-refractivity contribution >= 4 is 11.8 Å². The molecule has 1 amide bonds. The number of rotatable bonds is 4. The van der Waals surface area contributed by atoms with Crippen LogP contribution >= 0.6 is 0 Å². The van der Waals surface area contributed by atoms with Gasteiger partial charge >= 0.3 is 6.09 Å². The van der Waals surface area contributed by atoms with Crippen LogP contribution in [0.2, 0.25) is 0 Å². The van der Waals surface area contributed by atoms with Crippen LogP contribution in [0.5, 0.6) is 0 Å². The van der Waals surface area contributed by atoms with Gasteiger partial charge in [-0.25, -0.2) is 4.79 Å². The molecule has 1 aromatic heterocycles. The molecule has 0 aliphatic rings. The lowest BCUT2D eigenvalue weighted by atomic mass is 10.3. The lowest BCUT2D eigenvalue weighted by Crippen LogP contribution is -2.16. The molecule has 0 fully saturated rings. The van der Waals surface area contributed by atoms with Crippen molar-refractivity contribution in [3.8, 4) is 0 Å². The molecule has 0 saturated heterocycles. The van der Waals surface area contributed by atoms with E-state index in [1.165, 1.54) is 0 Å². The Labute approximate surface area is 87.8 Å². The lowest BCUT2D eigenvalue weighted by Gasteiger charge is -2.04. The third-order valence-electron chi connectivity index (χ3n) is 1.80. The van der Waals surface area contributed by atoms with Gasteiger partial charge in [0.2, 0.25) is 0 Å². The highest BCUT2D eigenvalue weighted by molar-refractivity contribution is 5.85. The Kier molecular flexibility index (Phi) is 4.11. The topological polar surface area (TPSA) is 76.4 Å². The second-order valence-electron chi connectivity index (χ2n) is 3.00. The number of carbonyl (C=O) groups excluding carboxylic acids is 1. The summed E-state index contributed by atoms with van der Waals surface area (Å²) in [5.41, 5.74) is 1.45. The summed E-state index contributed by atoms with van der Waals surface area (Å²) in [5, 5.41) is 15.2. The number of anilines is 1. The van der Waals surface area contributed by atoms with Crippen LogP contribution in [0.3, 0.4) is 0 Å². The molecular weight excluding hydrogens is 198 g/mol. The van der Waals surface area contributed by atoms with Gasteiger partial charge in [0.25, 0.3) is 0 Å². The van der Waals surface area contributed by atoms with E-state index in [1.807, 2.05) is 6.92 Å².